The fraction of sp³-hybridized carbons (Fsp3) is 0.417. The zero-order valence-corrected chi connectivity index (χ0v) is 16.9. The number of amides is 1. The first-order valence-electron chi connectivity index (χ1n) is 10.5. The van der Waals surface area contributed by atoms with Gasteiger partial charge < -0.3 is 15.3 Å². The third-order valence-corrected chi connectivity index (χ3v) is 6.40. The maximum absolute atomic E-state index is 12.4. The SMILES string of the molecule is Cc1ccccc1[C@@H]1CCN(c2ccc(NC(=O)C3CCCC3)c(C(=O)O)c2)C1. The van der Waals surface area contributed by atoms with Gasteiger partial charge in [-0.1, -0.05) is 37.1 Å². The molecule has 0 aromatic heterocycles. The van der Waals surface area contributed by atoms with Gasteiger partial charge in [-0.05, 0) is 55.5 Å². The first kappa shape index (κ1) is 19.5. The number of anilines is 2. The Morgan fingerprint density at radius 3 is 2.55 bits per heavy atom. The minimum atomic E-state index is -1.01. The van der Waals surface area contributed by atoms with E-state index in [0.717, 1.165) is 50.9 Å². The van der Waals surface area contributed by atoms with Crippen molar-refractivity contribution >= 4 is 23.3 Å². The number of benzene rings is 2. The molecule has 152 valence electrons. The number of carboxylic acid groups (broad SMARTS) is 1. The lowest BCUT2D eigenvalue weighted by atomic mass is 9.94. The van der Waals surface area contributed by atoms with Crippen LogP contribution < -0.4 is 10.2 Å². The summed E-state index contributed by atoms with van der Waals surface area (Å²) in [6.45, 7) is 3.91. The minimum Gasteiger partial charge on any atom is -0.478 e. The van der Waals surface area contributed by atoms with Crippen LogP contribution in [0.15, 0.2) is 42.5 Å². The Kier molecular flexibility index (Phi) is 5.56. The Bertz CT molecular complexity index is 918. The van der Waals surface area contributed by atoms with Crippen molar-refractivity contribution in [2.75, 3.05) is 23.3 Å². The van der Waals surface area contributed by atoms with Crippen LogP contribution in [0.4, 0.5) is 11.4 Å². The normalized spacial score (nSPS) is 19.5. The summed E-state index contributed by atoms with van der Waals surface area (Å²) < 4.78 is 0. The summed E-state index contributed by atoms with van der Waals surface area (Å²) in [5.41, 5.74) is 4.13. The van der Waals surface area contributed by atoms with E-state index in [9.17, 15) is 14.7 Å². The van der Waals surface area contributed by atoms with Crippen LogP contribution in [0.25, 0.3) is 0 Å². The first-order valence-corrected chi connectivity index (χ1v) is 10.5. The van der Waals surface area contributed by atoms with Gasteiger partial charge in [-0.15, -0.1) is 0 Å². The van der Waals surface area contributed by atoms with Gasteiger partial charge in [0.15, 0.2) is 0 Å². The van der Waals surface area contributed by atoms with Crippen molar-refractivity contribution in [1.29, 1.82) is 0 Å². The highest BCUT2D eigenvalue weighted by Gasteiger charge is 2.27. The summed E-state index contributed by atoms with van der Waals surface area (Å²) in [5, 5.41) is 12.6. The molecule has 0 unspecified atom stereocenters. The number of hydrogen-bond acceptors (Lipinski definition) is 3. The summed E-state index contributed by atoms with van der Waals surface area (Å²) in [7, 11) is 0. The molecule has 2 fully saturated rings. The summed E-state index contributed by atoms with van der Waals surface area (Å²) in [6.07, 6.45) is 4.97. The second-order valence-corrected chi connectivity index (χ2v) is 8.29. The lowest BCUT2D eigenvalue weighted by Crippen LogP contribution is -2.23. The van der Waals surface area contributed by atoms with Crippen LogP contribution in [0.5, 0.6) is 0 Å². The minimum absolute atomic E-state index is 0.00442. The summed E-state index contributed by atoms with van der Waals surface area (Å²) in [5.74, 6) is -0.613. The molecule has 2 aromatic carbocycles. The second-order valence-electron chi connectivity index (χ2n) is 8.29. The zero-order valence-electron chi connectivity index (χ0n) is 16.9. The van der Waals surface area contributed by atoms with Crippen LogP contribution in [-0.4, -0.2) is 30.1 Å². The van der Waals surface area contributed by atoms with E-state index in [4.69, 9.17) is 0 Å². The molecule has 1 amide bonds. The fourth-order valence-electron chi connectivity index (χ4n) is 4.73. The highest BCUT2D eigenvalue weighted by molar-refractivity contribution is 6.02. The van der Waals surface area contributed by atoms with Crippen LogP contribution in [0.3, 0.4) is 0 Å². The van der Waals surface area contributed by atoms with Crippen molar-refractivity contribution in [3.05, 3.63) is 59.2 Å². The van der Waals surface area contributed by atoms with Gasteiger partial charge in [0, 0.05) is 30.6 Å². The summed E-state index contributed by atoms with van der Waals surface area (Å²) in [4.78, 5) is 26.5. The smallest absolute Gasteiger partial charge is 0.337 e. The topological polar surface area (TPSA) is 69.6 Å². The number of aromatic carboxylic acids is 1. The van der Waals surface area contributed by atoms with Gasteiger partial charge >= 0.3 is 5.97 Å². The summed E-state index contributed by atoms with van der Waals surface area (Å²) >= 11 is 0. The summed E-state index contributed by atoms with van der Waals surface area (Å²) in [6, 6.07) is 13.8. The zero-order chi connectivity index (χ0) is 20.4. The highest BCUT2D eigenvalue weighted by atomic mass is 16.4. The number of nitrogens with zero attached hydrogens (tertiary/aromatic N) is 1. The standard InChI is InChI=1S/C24H28N2O3/c1-16-6-2-5-9-20(16)18-12-13-26(15-18)19-10-11-22(21(14-19)24(28)29)25-23(27)17-7-3-4-8-17/h2,5-6,9-11,14,17-18H,3-4,7-8,12-13,15H2,1H3,(H,25,27)(H,28,29)/t18-/m1/s1. The number of aryl methyl sites for hydroxylation is 1. The van der Waals surface area contributed by atoms with Gasteiger partial charge in [0.05, 0.1) is 11.3 Å². The lowest BCUT2D eigenvalue weighted by Gasteiger charge is -2.21. The molecule has 0 radical (unpaired) electrons. The van der Waals surface area contributed by atoms with Crippen LogP contribution >= 0.6 is 0 Å². The molecule has 1 atom stereocenters. The van der Waals surface area contributed by atoms with Gasteiger partial charge in [0.2, 0.25) is 5.91 Å². The van der Waals surface area contributed by atoms with Crippen molar-refractivity contribution < 1.29 is 14.7 Å². The maximum Gasteiger partial charge on any atom is 0.337 e. The lowest BCUT2D eigenvalue weighted by molar-refractivity contribution is -0.119. The number of rotatable bonds is 5. The monoisotopic (exact) mass is 392 g/mol. The van der Waals surface area contributed by atoms with Gasteiger partial charge in [-0.25, -0.2) is 4.79 Å². The first-order chi connectivity index (χ1) is 14.0. The predicted octanol–water partition coefficient (Wildman–Crippen LogP) is 4.82. The molecule has 1 heterocycles. The van der Waals surface area contributed by atoms with E-state index in [1.807, 2.05) is 6.07 Å². The molecule has 29 heavy (non-hydrogen) atoms. The molecule has 1 saturated carbocycles. The molecule has 4 rings (SSSR count). The molecule has 1 aliphatic carbocycles. The van der Waals surface area contributed by atoms with E-state index in [2.05, 4.69) is 41.4 Å². The van der Waals surface area contributed by atoms with Crippen molar-refractivity contribution in [1.82, 2.24) is 0 Å². The fourth-order valence-corrected chi connectivity index (χ4v) is 4.73. The maximum atomic E-state index is 12.4. The van der Waals surface area contributed by atoms with Crippen molar-refractivity contribution in [2.24, 2.45) is 5.92 Å². The Morgan fingerprint density at radius 1 is 1.07 bits per heavy atom. The molecular formula is C24H28N2O3. The Labute approximate surface area is 171 Å². The molecule has 0 bridgehead atoms. The molecule has 5 heteroatoms. The van der Waals surface area contributed by atoms with Crippen molar-refractivity contribution in [3.63, 3.8) is 0 Å². The number of nitrogens with one attached hydrogen (secondary N) is 1. The van der Waals surface area contributed by atoms with Crippen LogP contribution in [-0.2, 0) is 4.79 Å². The van der Waals surface area contributed by atoms with E-state index in [1.165, 1.54) is 11.1 Å². The van der Waals surface area contributed by atoms with Crippen LogP contribution in [0.2, 0.25) is 0 Å². The largest absolute Gasteiger partial charge is 0.478 e. The molecule has 2 aromatic rings. The van der Waals surface area contributed by atoms with Crippen LogP contribution in [0, 0.1) is 12.8 Å². The molecule has 1 saturated heterocycles. The van der Waals surface area contributed by atoms with Crippen molar-refractivity contribution in [2.45, 2.75) is 44.9 Å². The molecule has 2 N–H and O–H groups in total. The Balaban J connectivity index is 1.51. The predicted molar refractivity (Wildman–Crippen MR) is 115 cm³/mol. The van der Waals surface area contributed by atoms with Crippen LogP contribution in [0.1, 0.15) is 59.5 Å². The number of carbonyl (C=O) groups excluding carboxylic acids is 1. The van der Waals surface area contributed by atoms with E-state index in [1.54, 1.807) is 12.1 Å². The van der Waals surface area contributed by atoms with Gasteiger partial charge in [-0.3, -0.25) is 4.79 Å². The average Bonchev–Trinajstić information content (AvgIpc) is 3.41. The van der Waals surface area contributed by atoms with E-state index >= 15 is 0 Å². The third kappa shape index (κ3) is 4.14. The Hall–Kier alpha value is -2.82. The molecule has 2 aliphatic rings. The molecule has 1 aliphatic heterocycles. The Morgan fingerprint density at radius 2 is 1.83 bits per heavy atom. The number of carboxylic acids is 1. The van der Waals surface area contributed by atoms with E-state index < -0.39 is 5.97 Å². The van der Waals surface area contributed by atoms with E-state index in [0.29, 0.717) is 11.6 Å². The quantitative estimate of drug-likeness (QED) is 0.766. The van der Waals surface area contributed by atoms with Gasteiger partial charge in [-0.2, -0.15) is 0 Å². The van der Waals surface area contributed by atoms with Crippen molar-refractivity contribution in [3.8, 4) is 0 Å². The molecule has 5 nitrogen and oxygen atoms in total. The highest BCUT2D eigenvalue weighted by Crippen LogP contribution is 2.34. The van der Waals surface area contributed by atoms with Gasteiger partial charge in [0.1, 0.15) is 0 Å². The van der Waals surface area contributed by atoms with E-state index in [-0.39, 0.29) is 17.4 Å². The molecular weight excluding hydrogens is 364 g/mol. The number of hydrogen-bond donors (Lipinski definition) is 2. The second kappa shape index (κ2) is 8.27. The number of carbonyl (C=O) groups is 2. The average molecular weight is 392 g/mol. The third-order valence-electron chi connectivity index (χ3n) is 6.40. The van der Waals surface area contributed by atoms with Gasteiger partial charge in [0.25, 0.3) is 0 Å². The molecule has 0 spiro atoms.